The molecule has 1 amide bonds. The van der Waals surface area contributed by atoms with Crippen LogP contribution in [0.5, 0.6) is 5.88 Å². The predicted octanol–water partition coefficient (Wildman–Crippen LogP) is 4.46. The maximum absolute atomic E-state index is 13.3. The molecule has 0 aliphatic rings. The van der Waals surface area contributed by atoms with Crippen molar-refractivity contribution in [3.8, 4) is 17.0 Å². The number of ketones is 1. The molecule has 1 N–H and O–H groups in total. The van der Waals surface area contributed by atoms with Crippen LogP contribution in [-0.4, -0.2) is 28.3 Å². The lowest BCUT2D eigenvalue weighted by atomic mass is 10.1. The molecule has 6 nitrogen and oxygen atoms in total. The van der Waals surface area contributed by atoms with E-state index in [4.69, 9.17) is 4.74 Å². The van der Waals surface area contributed by atoms with Crippen molar-refractivity contribution in [1.29, 1.82) is 0 Å². The average Bonchev–Trinajstić information content (AvgIpc) is 3.38. The summed E-state index contributed by atoms with van der Waals surface area (Å²) in [5.74, 6) is -0.311. The Balaban J connectivity index is 1.53. The van der Waals surface area contributed by atoms with E-state index in [0.717, 1.165) is 20.8 Å². The van der Waals surface area contributed by atoms with Crippen molar-refractivity contribution in [2.45, 2.75) is 13.5 Å². The molecule has 0 spiro atoms. The third-order valence-corrected chi connectivity index (χ3v) is 6.29. The van der Waals surface area contributed by atoms with E-state index in [1.807, 2.05) is 11.4 Å². The van der Waals surface area contributed by atoms with Crippen LogP contribution in [0.3, 0.4) is 0 Å². The van der Waals surface area contributed by atoms with Gasteiger partial charge in [0.2, 0.25) is 17.6 Å². The monoisotopic (exact) mass is 441 g/mol. The molecule has 0 aliphatic carbocycles. The van der Waals surface area contributed by atoms with Gasteiger partial charge in [-0.15, -0.1) is 22.7 Å². The van der Waals surface area contributed by atoms with Crippen LogP contribution in [-0.2, 0) is 11.3 Å². The number of hydrogen-bond acceptors (Lipinski definition) is 7. The van der Waals surface area contributed by atoms with Crippen LogP contribution in [0.15, 0.2) is 48.1 Å². The van der Waals surface area contributed by atoms with Gasteiger partial charge in [0, 0.05) is 22.7 Å². The Kier molecular flexibility index (Phi) is 5.82. The molecule has 0 aliphatic heterocycles. The number of Topliss-reactive ketones (excluding diaryl/α,β-unsaturated/α-hetero) is 1. The minimum absolute atomic E-state index is 0.125. The number of nitrogens with one attached hydrogen (secondary N) is 1. The van der Waals surface area contributed by atoms with Gasteiger partial charge in [0.05, 0.1) is 16.8 Å². The molecule has 1 aromatic carbocycles. The summed E-state index contributed by atoms with van der Waals surface area (Å²) >= 11 is 2.74. The molecule has 0 atom stereocenters. The van der Waals surface area contributed by atoms with E-state index in [1.54, 1.807) is 18.2 Å². The van der Waals surface area contributed by atoms with Gasteiger partial charge < -0.3 is 10.1 Å². The van der Waals surface area contributed by atoms with Crippen LogP contribution < -0.4 is 10.1 Å². The molecule has 0 bridgehead atoms. The zero-order chi connectivity index (χ0) is 21.1. The average molecular weight is 442 g/mol. The first kappa shape index (κ1) is 20.1. The maximum atomic E-state index is 13.3. The molecular weight excluding hydrogens is 425 g/mol. The van der Waals surface area contributed by atoms with E-state index in [0.29, 0.717) is 22.7 Å². The molecule has 0 unspecified atom stereocenters. The van der Waals surface area contributed by atoms with Crippen molar-refractivity contribution in [1.82, 2.24) is 15.3 Å². The molecule has 0 fully saturated rings. The van der Waals surface area contributed by atoms with Gasteiger partial charge in [-0.2, -0.15) is 0 Å². The number of nitrogens with zero attached hydrogens (tertiary/aromatic N) is 2. The smallest absolute Gasteiger partial charge is 0.226 e. The largest absolute Gasteiger partial charge is 0.469 e. The molecule has 9 heteroatoms. The van der Waals surface area contributed by atoms with Crippen molar-refractivity contribution >= 4 is 44.6 Å². The van der Waals surface area contributed by atoms with Crippen LogP contribution in [0.25, 0.3) is 21.3 Å². The molecule has 4 aromatic rings. The molecular formula is C21H16FN3O3S2. The fourth-order valence-electron chi connectivity index (χ4n) is 2.84. The van der Waals surface area contributed by atoms with Crippen LogP contribution in [0.4, 0.5) is 4.39 Å². The quantitative estimate of drug-likeness (QED) is 0.429. The number of halogens is 1. The van der Waals surface area contributed by atoms with E-state index in [9.17, 15) is 14.0 Å². The van der Waals surface area contributed by atoms with Gasteiger partial charge in [0.25, 0.3) is 0 Å². The number of rotatable bonds is 7. The van der Waals surface area contributed by atoms with E-state index in [2.05, 4.69) is 15.3 Å². The summed E-state index contributed by atoms with van der Waals surface area (Å²) in [6.07, 6.45) is 1.39. The molecule has 30 heavy (non-hydrogen) atoms. The molecule has 0 radical (unpaired) electrons. The normalized spacial score (nSPS) is 10.9. The highest BCUT2D eigenvalue weighted by molar-refractivity contribution is 7.17. The van der Waals surface area contributed by atoms with E-state index >= 15 is 0 Å². The number of carbonyl (C=O) groups is 2. The standard InChI is InChI=1S/C21H16FN3O3S2/c1-12(26)23-8-15-6-7-18(30-15)17(27)9-28-20-19-16(10-29-21(19)25-11-24-20)13-2-4-14(22)5-3-13/h2-7,10-11H,8-9H2,1H3,(H,23,26). The molecule has 0 saturated heterocycles. The summed E-state index contributed by atoms with van der Waals surface area (Å²) in [5.41, 5.74) is 1.64. The summed E-state index contributed by atoms with van der Waals surface area (Å²) in [4.78, 5) is 34.2. The molecule has 0 saturated carbocycles. The number of ether oxygens (including phenoxy) is 1. The Morgan fingerprint density at radius 3 is 2.70 bits per heavy atom. The molecule has 3 heterocycles. The zero-order valence-corrected chi connectivity index (χ0v) is 17.5. The number of aromatic nitrogens is 2. The van der Waals surface area contributed by atoms with Crippen molar-refractivity contribution in [2.75, 3.05) is 6.61 Å². The number of carbonyl (C=O) groups excluding carboxylic acids is 2. The fraction of sp³-hybridized carbons (Fsp3) is 0.143. The van der Waals surface area contributed by atoms with Crippen LogP contribution in [0.1, 0.15) is 21.5 Å². The topological polar surface area (TPSA) is 81.2 Å². The summed E-state index contributed by atoms with van der Waals surface area (Å²) < 4.78 is 19.0. The summed E-state index contributed by atoms with van der Waals surface area (Å²) in [6, 6.07) is 9.67. The lowest BCUT2D eigenvalue weighted by Crippen LogP contribution is -2.18. The van der Waals surface area contributed by atoms with Gasteiger partial charge in [-0.25, -0.2) is 14.4 Å². The molecule has 152 valence electrons. The minimum Gasteiger partial charge on any atom is -0.469 e. The Morgan fingerprint density at radius 1 is 1.13 bits per heavy atom. The van der Waals surface area contributed by atoms with Gasteiger partial charge in [0.1, 0.15) is 17.0 Å². The molecule has 3 aromatic heterocycles. The van der Waals surface area contributed by atoms with Crippen LogP contribution in [0.2, 0.25) is 0 Å². The number of hydrogen-bond donors (Lipinski definition) is 1. The van der Waals surface area contributed by atoms with Crippen molar-refractivity contribution in [2.24, 2.45) is 0 Å². The fourth-order valence-corrected chi connectivity index (χ4v) is 4.62. The predicted molar refractivity (Wildman–Crippen MR) is 114 cm³/mol. The lowest BCUT2D eigenvalue weighted by Gasteiger charge is -2.07. The Morgan fingerprint density at radius 2 is 1.93 bits per heavy atom. The highest BCUT2D eigenvalue weighted by Crippen LogP contribution is 2.37. The SMILES string of the molecule is CC(=O)NCc1ccc(C(=O)COc2ncnc3scc(-c4ccc(F)cc4)c23)s1. The zero-order valence-electron chi connectivity index (χ0n) is 15.8. The van der Waals surface area contributed by atoms with Gasteiger partial charge >= 0.3 is 0 Å². The van der Waals surface area contributed by atoms with Gasteiger partial charge in [-0.3, -0.25) is 9.59 Å². The first-order valence-electron chi connectivity index (χ1n) is 8.98. The first-order valence-corrected chi connectivity index (χ1v) is 10.7. The Bertz CT molecular complexity index is 1220. The third-order valence-electron chi connectivity index (χ3n) is 4.28. The maximum Gasteiger partial charge on any atom is 0.226 e. The summed E-state index contributed by atoms with van der Waals surface area (Å²) in [5, 5.41) is 5.31. The van der Waals surface area contributed by atoms with Crippen LogP contribution >= 0.6 is 22.7 Å². The van der Waals surface area contributed by atoms with Crippen molar-refractivity contribution in [3.05, 3.63) is 63.7 Å². The van der Waals surface area contributed by atoms with E-state index in [1.165, 1.54) is 48.1 Å². The number of benzene rings is 1. The Labute approximate surface area is 179 Å². The second kappa shape index (κ2) is 8.68. The van der Waals surface area contributed by atoms with E-state index in [-0.39, 0.29) is 24.1 Å². The number of amides is 1. The Hall–Kier alpha value is -3.17. The summed E-state index contributed by atoms with van der Waals surface area (Å²) in [7, 11) is 0. The third kappa shape index (κ3) is 4.37. The number of fused-ring (bicyclic) bond motifs is 1. The summed E-state index contributed by atoms with van der Waals surface area (Å²) in [6.45, 7) is 1.65. The highest BCUT2D eigenvalue weighted by atomic mass is 32.1. The minimum atomic E-state index is -0.314. The lowest BCUT2D eigenvalue weighted by molar-refractivity contribution is -0.119. The van der Waals surface area contributed by atoms with Crippen molar-refractivity contribution in [3.63, 3.8) is 0 Å². The van der Waals surface area contributed by atoms with Crippen molar-refractivity contribution < 1.29 is 18.7 Å². The van der Waals surface area contributed by atoms with E-state index < -0.39 is 0 Å². The highest BCUT2D eigenvalue weighted by Gasteiger charge is 2.17. The molecule has 4 rings (SSSR count). The van der Waals surface area contributed by atoms with Gasteiger partial charge in [0.15, 0.2) is 6.61 Å². The first-order chi connectivity index (χ1) is 14.5. The van der Waals surface area contributed by atoms with Crippen LogP contribution in [0, 0.1) is 5.82 Å². The number of thiophene rings is 2. The van der Waals surface area contributed by atoms with Gasteiger partial charge in [-0.1, -0.05) is 12.1 Å². The second-order valence-electron chi connectivity index (χ2n) is 6.40. The second-order valence-corrected chi connectivity index (χ2v) is 8.43. The van der Waals surface area contributed by atoms with Gasteiger partial charge in [-0.05, 0) is 29.8 Å².